The number of carbonyl (C=O) groups excluding carboxylic acids is 2. The molecule has 0 unspecified atom stereocenters. The number of nitrogens with zero attached hydrogens (tertiary/aromatic N) is 2. The Labute approximate surface area is 159 Å². The first-order chi connectivity index (χ1) is 12.5. The molecule has 0 radical (unpaired) electrons. The molecule has 0 aromatic heterocycles. The second-order valence-corrected chi connectivity index (χ2v) is 7.14. The Kier molecular flexibility index (Phi) is 6.07. The number of likely N-dealkylation sites (N-methyl/N-ethyl adjacent to an activating group) is 1. The monoisotopic (exact) mass is 370 g/mol. The number of benzene rings is 2. The Morgan fingerprint density at radius 2 is 1.69 bits per heavy atom. The van der Waals surface area contributed by atoms with E-state index in [-0.39, 0.29) is 30.6 Å². The van der Waals surface area contributed by atoms with Crippen molar-refractivity contribution in [2.24, 2.45) is 0 Å². The minimum Gasteiger partial charge on any atom is -0.333 e. The van der Waals surface area contributed by atoms with Crippen LogP contribution in [0, 0.1) is 0 Å². The zero-order valence-corrected chi connectivity index (χ0v) is 15.7. The van der Waals surface area contributed by atoms with Gasteiger partial charge in [-0.2, -0.15) is 0 Å². The van der Waals surface area contributed by atoms with Crippen molar-refractivity contribution in [3.8, 4) is 0 Å². The summed E-state index contributed by atoms with van der Waals surface area (Å²) in [4.78, 5) is 29.3. The first-order valence-electron chi connectivity index (χ1n) is 8.86. The van der Waals surface area contributed by atoms with Crippen LogP contribution in [0.5, 0.6) is 0 Å². The lowest BCUT2D eigenvalue weighted by atomic mass is 10.0. The lowest BCUT2D eigenvalue weighted by Gasteiger charge is -2.40. The Balaban J connectivity index is 1.65. The first-order valence-corrected chi connectivity index (χ1v) is 9.24. The highest BCUT2D eigenvalue weighted by Gasteiger charge is 2.30. The highest BCUT2D eigenvalue weighted by Crippen LogP contribution is 2.26. The van der Waals surface area contributed by atoms with E-state index < -0.39 is 0 Å². The van der Waals surface area contributed by atoms with Gasteiger partial charge in [0.15, 0.2) is 5.78 Å². The minimum absolute atomic E-state index is 0.0274. The van der Waals surface area contributed by atoms with Crippen molar-refractivity contribution in [3.05, 3.63) is 70.7 Å². The van der Waals surface area contributed by atoms with Crippen LogP contribution in [0.3, 0.4) is 0 Å². The molecule has 1 aliphatic heterocycles. The summed E-state index contributed by atoms with van der Waals surface area (Å²) in [7, 11) is 2.07. The Morgan fingerprint density at radius 3 is 2.38 bits per heavy atom. The van der Waals surface area contributed by atoms with Crippen LogP contribution < -0.4 is 0 Å². The molecular formula is C21H23ClN2O2. The molecule has 1 atom stereocenters. The van der Waals surface area contributed by atoms with Crippen molar-refractivity contribution in [2.45, 2.75) is 18.9 Å². The predicted octanol–water partition coefficient (Wildman–Crippen LogP) is 3.82. The second-order valence-electron chi connectivity index (χ2n) is 6.71. The van der Waals surface area contributed by atoms with E-state index in [9.17, 15) is 9.59 Å². The number of Topliss-reactive ketones (excluding diaryl/α,β-unsaturated/α-hetero) is 1. The SMILES string of the molecule is CN1CCN(C(=O)CCC(=O)c2ccc(Cl)cc2)[C@@H](c2ccccc2)C1. The van der Waals surface area contributed by atoms with Gasteiger partial charge in [-0.3, -0.25) is 9.59 Å². The van der Waals surface area contributed by atoms with E-state index in [1.54, 1.807) is 24.3 Å². The zero-order valence-electron chi connectivity index (χ0n) is 14.9. The molecular weight excluding hydrogens is 348 g/mol. The fraction of sp³-hybridized carbons (Fsp3) is 0.333. The van der Waals surface area contributed by atoms with Crippen LogP contribution in [0.4, 0.5) is 0 Å². The summed E-state index contributed by atoms with van der Waals surface area (Å²) in [6.45, 7) is 2.34. The number of hydrogen-bond acceptors (Lipinski definition) is 3. The Hall–Kier alpha value is -2.17. The minimum atomic E-state index is -0.0274. The number of rotatable bonds is 5. The van der Waals surface area contributed by atoms with Crippen LogP contribution >= 0.6 is 11.6 Å². The molecule has 1 saturated heterocycles. The molecule has 2 aromatic carbocycles. The van der Waals surface area contributed by atoms with Crippen molar-refractivity contribution in [1.82, 2.24) is 9.80 Å². The molecule has 0 spiro atoms. The van der Waals surface area contributed by atoms with E-state index >= 15 is 0 Å². The van der Waals surface area contributed by atoms with Crippen LogP contribution in [0.15, 0.2) is 54.6 Å². The maximum atomic E-state index is 12.8. The highest BCUT2D eigenvalue weighted by molar-refractivity contribution is 6.30. The van der Waals surface area contributed by atoms with E-state index in [2.05, 4.69) is 24.1 Å². The fourth-order valence-corrected chi connectivity index (χ4v) is 3.45. The van der Waals surface area contributed by atoms with Gasteiger partial charge in [-0.15, -0.1) is 0 Å². The van der Waals surface area contributed by atoms with Gasteiger partial charge < -0.3 is 9.80 Å². The third-order valence-electron chi connectivity index (χ3n) is 4.82. The quantitative estimate of drug-likeness (QED) is 0.751. The van der Waals surface area contributed by atoms with E-state index in [4.69, 9.17) is 11.6 Å². The van der Waals surface area contributed by atoms with Gasteiger partial charge in [-0.05, 0) is 36.9 Å². The second kappa shape index (κ2) is 8.47. The molecule has 1 aliphatic rings. The van der Waals surface area contributed by atoms with Gasteiger partial charge in [0.05, 0.1) is 6.04 Å². The van der Waals surface area contributed by atoms with Gasteiger partial charge in [0.2, 0.25) is 5.91 Å². The van der Waals surface area contributed by atoms with Gasteiger partial charge in [0.25, 0.3) is 0 Å². The van der Waals surface area contributed by atoms with E-state index in [0.717, 1.165) is 18.7 Å². The largest absolute Gasteiger partial charge is 0.333 e. The third kappa shape index (κ3) is 4.51. The lowest BCUT2D eigenvalue weighted by Crippen LogP contribution is -2.49. The van der Waals surface area contributed by atoms with Crippen LogP contribution in [-0.4, -0.2) is 48.2 Å². The number of hydrogen-bond donors (Lipinski definition) is 0. The van der Waals surface area contributed by atoms with Crippen molar-refractivity contribution >= 4 is 23.3 Å². The van der Waals surface area contributed by atoms with E-state index in [0.29, 0.717) is 17.1 Å². The van der Waals surface area contributed by atoms with Gasteiger partial charge >= 0.3 is 0 Å². The molecule has 26 heavy (non-hydrogen) atoms. The molecule has 3 rings (SSSR count). The zero-order chi connectivity index (χ0) is 18.5. The van der Waals surface area contributed by atoms with Gasteiger partial charge in [0, 0.05) is 43.1 Å². The van der Waals surface area contributed by atoms with Crippen molar-refractivity contribution < 1.29 is 9.59 Å². The van der Waals surface area contributed by atoms with E-state index in [1.165, 1.54) is 0 Å². The third-order valence-corrected chi connectivity index (χ3v) is 5.07. The molecule has 5 heteroatoms. The van der Waals surface area contributed by atoms with Gasteiger partial charge in [-0.1, -0.05) is 41.9 Å². The molecule has 0 aliphatic carbocycles. The van der Waals surface area contributed by atoms with Crippen LogP contribution in [-0.2, 0) is 4.79 Å². The van der Waals surface area contributed by atoms with Crippen LogP contribution in [0.2, 0.25) is 5.02 Å². The number of halogens is 1. The molecule has 4 nitrogen and oxygen atoms in total. The number of piperazine rings is 1. The highest BCUT2D eigenvalue weighted by atomic mass is 35.5. The fourth-order valence-electron chi connectivity index (χ4n) is 3.32. The number of ketones is 1. The summed E-state index contributed by atoms with van der Waals surface area (Å²) < 4.78 is 0. The maximum Gasteiger partial charge on any atom is 0.223 e. The van der Waals surface area contributed by atoms with Crippen LogP contribution in [0.25, 0.3) is 0 Å². The summed E-state index contributed by atoms with van der Waals surface area (Å²) in [6.07, 6.45) is 0.447. The standard InChI is InChI=1S/C21H23ClN2O2/c1-23-13-14-24(19(15-23)16-5-3-2-4-6-16)21(26)12-11-20(25)17-7-9-18(22)10-8-17/h2-10,19H,11-15H2,1H3/t19-/m1/s1. The van der Waals surface area contributed by atoms with Crippen LogP contribution in [0.1, 0.15) is 34.8 Å². The number of carbonyl (C=O) groups is 2. The Bertz CT molecular complexity index is 761. The summed E-state index contributed by atoms with van der Waals surface area (Å²) >= 11 is 5.86. The molecule has 1 amide bonds. The summed E-state index contributed by atoms with van der Waals surface area (Å²) in [6, 6.07) is 16.9. The molecule has 0 bridgehead atoms. The molecule has 136 valence electrons. The average Bonchev–Trinajstić information content (AvgIpc) is 2.67. The van der Waals surface area contributed by atoms with Gasteiger partial charge in [0.1, 0.15) is 0 Å². The van der Waals surface area contributed by atoms with Crippen molar-refractivity contribution in [3.63, 3.8) is 0 Å². The average molecular weight is 371 g/mol. The topological polar surface area (TPSA) is 40.6 Å². The Morgan fingerprint density at radius 1 is 1.00 bits per heavy atom. The first kappa shape index (κ1) is 18.6. The summed E-state index contributed by atoms with van der Waals surface area (Å²) in [5.74, 6) is 0.00896. The smallest absolute Gasteiger partial charge is 0.223 e. The molecule has 0 saturated carbocycles. The number of amides is 1. The summed E-state index contributed by atoms with van der Waals surface area (Å²) in [5, 5.41) is 0.598. The maximum absolute atomic E-state index is 12.8. The molecule has 2 aromatic rings. The molecule has 1 heterocycles. The van der Waals surface area contributed by atoms with Gasteiger partial charge in [-0.25, -0.2) is 0 Å². The normalized spacial score (nSPS) is 17.9. The van der Waals surface area contributed by atoms with Crippen molar-refractivity contribution in [2.75, 3.05) is 26.7 Å². The predicted molar refractivity (Wildman–Crippen MR) is 103 cm³/mol. The van der Waals surface area contributed by atoms with Crippen molar-refractivity contribution in [1.29, 1.82) is 0 Å². The molecule has 0 N–H and O–H groups in total. The lowest BCUT2D eigenvalue weighted by molar-refractivity contribution is -0.136. The summed E-state index contributed by atoms with van der Waals surface area (Å²) in [5.41, 5.74) is 1.73. The van der Waals surface area contributed by atoms with E-state index in [1.807, 2.05) is 23.1 Å². The molecule has 1 fully saturated rings.